The number of carboxylic acids is 1. The van der Waals surface area contributed by atoms with Crippen LogP contribution in [0.25, 0.3) is 0 Å². The molecule has 0 aromatic heterocycles. The highest BCUT2D eigenvalue weighted by Gasteiger charge is 2.17. The first-order chi connectivity index (χ1) is 7.71. The summed E-state index contributed by atoms with van der Waals surface area (Å²) >= 11 is 9.02. The summed E-state index contributed by atoms with van der Waals surface area (Å²) in [6, 6.07) is 3.06. The summed E-state index contributed by atoms with van der Waals surface area (Å²) in [5, 5.41) is 8.83. The van der Waals surface area contributed by atoms with E-state index in [1.54, 1.807) is 13.0 Å². The fourth-order valence-corrected chi connectivity index (χ4v) is 2.84. The molecule has 0 saturated carbocycles. The quantitative estimate of drug-likeness (QED) is 0.879. The maximum atomic E-state index is 11.4. The molecule has 0 bridgehead atoms. The van der Waals surface area contributed by atoms with Crippen LogP contribution in [0, 0.1) is 6.92 Å². The molecule has 0 spiro atoms. The molecule has 1 rings (SSSR count). The van der Waals surface area contributed by atoms with Crippen molar-refractivity contribution in [1.82, 2.24) is 0 Å². The minimum absolute atomic E-state index is 0.210. The molecule has 0 radical (unpaired) electrons. The summed E-state index contributed by atoms with van der Waals surface area (Å²) in [5.41, 5.74) is 0.988. The number of benzene rings is 1. The van der Waals surface area contributed by atoms with Crippen LogP contribution in [-0.4, -0.2) is 25.2 Å². The van der Waals surface area contributed by atoms with E-state index >= 15 is 0 Å². The second kappa shape index (κ2) is 5.24. The van der Waals surface area contributed by atoms with Crippen molar-refractivity contribution in [1.29, 1.82) is 0 Å². The van der Waals surface area contributed by atoms with Gasteiger partial charge in [0.2, 0.25) is 10.0 Å². The number of hydrogen-bond acceptors (Lipinski definition) is 3. The number of aryl methyl sites for hydroxylation is 1. The number of carbonyl (C=O) groups is 1. The van der Waals surface area contributed by atoms with Gasteiger partial charge in [-0.2, -0.15) is 0 Å². The second-order valence-electron chi connectivity index (χ2n) is 3.34. The molecule has 0 aliphatic heterocycles. The number of sulfonamides is 1. The lowest BCUT2D eigenvalue weighted by Crippen LogP contribution is -2.22. The molecule has 0 aliphatic carbocycles. The lowest BCUT2D eigenvalue weighted by atomic mass is 10.2. The normalized spacial score (nSPS) is 11.2. The molecule has 8 heteroatoms. The van der Waals surface area contributed by atoms with Crippen LogP contribution in [0.15, 0.2) is 16.6 Å². The molecular weight excluding hydrogens is 334 g/mol. The Balaban J connectivity index is 3.04. The van der Waals surface area contributed by atoms with Crippen molar-refractivity contribution < 1.29 is 18.3 Å². The molecular formula is C9H9BrClNO4S. The minimum Gasteiger partial charge on any atom is -0.480 e. The van der Waals surface area contributed by atoms with Crippen molar-refractivity contribution in [3.63, 3.8) is 0 Å². The molecule has 0 heterocycles. The van der Waals surface area contributed by atoms with E-state index in [0.717, 1.165) is 5.56 Å². The predicted molar refractivity (Wildman–Crippen MR) is 68.9 cm³/mol. The number of hydrogen-bond donors (Lipinski definition) is 2. The lowest BCUT2D eigenvalue weighted by molar-refractivity contribution is -0.134. The summed E-state index contributed by atoms with van der Waals surface area (Å²) in [6.45, 7) is 1.77. The van der Waals surface area contributed by atoms with E-state index in [-0.39, 0.29) is 5.69 Å². The minimum atomic E-state index is -3.92. The molecule has 0 atom stereocenters. The average Bonchev–Trinajstić information content (AvgIpc) is 2.11. The molecule has 0 fully saturated rings. The molecule has 1 aromatic carbocycles. The van der Waals surface area contributed by atoms with Crippen molar-refractivity contribution in [2.75, 3.05) is 10.5 Å². The van der Waals surface area contributed by atoms with E-state index in [4.69, 9.17) is 16.7 Å². The highest BCUT2D eigenvalue weighted by molar-refractivity contribution is 9.10. The van der Waals surface area contributed by atoms with Gasteiger partial charge in [-0.3, -0.25) is 9.52 Å². The Morgan fingerprint density at radius 2 is 2.12 bits per heavy atom. The third-order valence-electron chi connectivity index (χ3n) is 1.83. The molecule has 94 valence electrons. The third kappa shape index (κ3) is 4.18. The van der Waals surface area contributed by atoms with Gasteiger partial charge in [0, 0.05) is 9.50 Å². The Kier molecular flexibility index (Phi) is 4.40. The van der Waals surface area contributed by atoms with Crippen LogP contribution in [-0.2, 0) is 14.8 Å². The smallest absolute Gasteiger partial charge is 0.320 e. The molecule has 0 unspecified atom stereocenters. The van der Waals surface area contributed by atoms with Gasteiger partial charge in [0.05, 0.1) is 5.69 Å². The third-order valence-corrected chi connectivity index (χ3v) is 4.05. The number of nitrogens with one attached hydrogen (secondary N) is 1. The van der Waals surface area contributed by atoms with Gasteiger partial charge in [0.15, 0.2) is 5.75 Å². The molecule has 17 heavy (non-hydrogen) atoms. The van der Waals surface area contributed by atoms with Crippen LogP contribution in [0.4, 0.5) is 5.69 Å². The molecule has 0 saturated heterocycles. The molecule has 1 aromatic rings. The molecule has 2 N–H and O–H groups in total. The summed E-state index contributed by atoms with van der Waals surface area (Å²) in [5.74, 6) is -2.42. The summed E-state index contributed by atoms with van der Waals surface area (Å²) < 4.78 is 25.4. The van der Waals surface area contributed by atoms with E-state index < -0.39 is 21.7 Å². The van der Waals surface area contributed by atoms with Crippen LogP contribution in [0.5, 0.6) is 0 Å². The SMILES string of the molecule is Cc1cc(Br)c(NS(=O)(=O)CC(=O)O)cc1Cl. The Morgan fingerprint density at radius 1 is 1.53 bits per heavy atom. The number of aliphatic carboxylic acids is 1. The molecule has 5 nitrogen and oxygen atoms in total. The van der Waals surface area contributed by atoms with Crippen LogP contribution >= 0.6 is 27.5 Å². The topological polar surface area (TPSA) is 83.5 Å². The number of halogens is 2. The van der Waals surface area contributed by atoms with Gasteiger partial charge < -0.3 is 5.11 Å². The predicted octanol–water partition coefficient (Wildman–Crippen LogP) is 2.24. The fourth-order valence-electron chi connectivity index (χ4n) is 1.09. The first-order valence-corrected chi connectivity index (χ1v) is 7.21. The van der Waals surface area contributed by atoms with E-state index in [1.165, 1.54) is 6.07 Å². The average molecular weight is 343 g/mol. The molecule has 0 aliphatic rings. The monoisotopic (exact) mass is 341 g/mol. The number of carboxylic acid groups (broad SMARTS) is 1. The zero-order valence-electron chi connectivity index (χ0n) is 8.70. The van der Waals surface area contributed by atoms with Crippen molar-refractivity contribution in [2.45, 2.75) is 6.92 Å². The first kappa shape index (κ1) is 14.3. The van der Waals surface area contributed by atoms with Gasteiger partial charge in [-0.1, -0.05) is 11.6 Å². The largest absolute Gasteiger partial charge is 0.480 e. The fraction of sp³-hybridized carbons (Fsp3) is 0.222. The van der Waals surface area contributed by atoms with Gasteiger partial charge in [-0.15, -0.1) is 0 Å². The standard InChI is InChI=1S/C9H9BrClNO4S/c1-5-2-6(10)8(3-7(5)11)12-17(15,16)4-9(13)14/h2-3,12H,4H2,1H3,(H,13,14). The van der Waals surface area contributed by atoms with E-state index in [2.05, 4.69) is 20.7 Å². The second-order valence-corrected chi connectivity index (χ2v) is 6.32. The highest BCUT2D eigenvalue weighted by Crippen LogP contribution is 2.29. The number of anilines is 1. The summed E-state index contributed by atoms with van der Waals surface area (Å²) in [4.78, 5) is 10.4. The van der Waals surface area contributed by atoms with Gasteiger partial charge in [-0.05, 0) is 40.5 Å². The summed E-state index contributed by atoms with van der Waals surface area (Å²) in [7, 11) is -3.92. The number of rotatable bonds is 4. The summed E-state index contributed by atoms with van der Waals surface area (Å²) in [6.07, 6.45) is 0. The van der Waals surface area contributed by atoms with Crippen LogP contribution in [0.3, 0.4) is 0 Å². The lowest BCUT2D eigenvalue weighted by Gasteiger charge is -2.10. The highest BCUT2D eigenvalue weighted by atomic mass is 79.9. The zero-order chi connectivity index (χ0) is 13.2. The Labute approximate surface area is 112 Å². The van der Waals surface area contributed by atoms with Gasteiger partial charge in [-0.25, -0.2) is 8.42 Å². The first-order valence-electron chi connectivity index (χ1n) is 4.39. The molecule has 0 amide bonds. The van der Waals surface area contributed by atoms with Crippen molar-refractivity contribution in [3.05, 3.63) is 27.2 Å². The van der Waals surface area contributed by atoms with Crippen LogP contribution in [0.1, 0.15) is 5.56 Å². The van der Waals surface area contributed by atoms with E-state index in [1.807, 2.05) is 0 Å². The van der Waals surface area contributed by atoms with E-state index in [9.17, 15) is 13.2 Å². The van der Waals surface area contributed by atoms with Crippen LogP contribution < -0.4 is 4.72 Å². The van der Waals surface area contributed by atoms with Crippen molar-refractivity contribution in [3.8, 4) is 0 Å². The van der Waals surface area contributed by atoms with Crippen molar-refractivity contribution in [2.24, 2.45) is 0 Å². The Hall–Kier alpha value is -0.790. The Bertz CT molecular complexity index is 558. The van der Waals surface area contributed by atoms with E-state index in [0.29, 0.717) is 9.50 Å². The Morgan fingerprint density at radius 3 is 2.65 bits per heavy atom. The maximum Gasteiger partial charge on any atom is 0.320 e. The van der Waals surface area contributed by atoms with Crippen LogP contribution in [0.2, 0.25) is 5.02 Å². The van der Waals surface area contributed by atoms with Gasteiger partial charge in [0.25, 0.3) is 0 Å². The maximum absolute atomic E-state index is 11.4. The van der Waals surface area contributed by atoms with Gasteiger partial charge in [0.1, 0.15) is 0 Å². The zero-order valence-corrected chi connectivity index (χ0v) is 11.9. The van der Waals surface area contributed by atoms with Crippen molar-refractivity contribution >= 4 is 49.2 Å². The van der Waals surface area contributed by atoms with Gasteiger partial charge >= 0.3 is 5.97 Å².